The Kier molecular flexibility index (Phi) is 5.66. The fourth-order valence-electron chi connectivity index (χ4n) is 3.09. The topological polar surface area (TPSA) is 55.6 Å². The van der Waals surface area contributed by atoms with Crippen LogP contribution < -0.4 is 10.5 Å². The Morgan fingerprint density at radius 3 is 2.40 bits per heavy atom. The fourth-order valence-corrected chi connectivity index (χ4v) is 3.09. The Hall–Kier alpha value is -2.40. The van der Waals surface area contributed by atoms with Gasteiger partial charge in [0.15, 0.2) is 0 Å². The second-order valence-electron chi connectivity index (χ2n) is 6.39. The predicted octanol–water partition coefficient (Wildman–Crippen LogP) is 2.77. The van der Waals surface area contributed by atoms with E-state index in [-0.39, 0.29) is 17.8 Å². The van der Waals surface area contributed by atoms with Gasteiger partial charge in [-0.15, -0.1) is 0 Å². The molecule has 4 nitrogen and oxygen atoms in total. The highest BCUT2D eigenvalue weighted by Gasteiger charge is 2.27. The highest BCUT2D eigenvalue weighted by molar-refractivity contribution is 5.82. The summed E-state index contributed by atoms with van der Waals surface area (Å²) in [5.41, 5.74) is 7.16. The molecule has 0 unspecified atom stereocenters. The minimum atomic E-state index is -0.517. The van der Waals surface area contributed by atoms with Gasteiger partial charge >= 0.3 is 0 Å². The van der Waals surface area contributed by atoms with Crippen molar-refractivity contribution in [3.63, 3.8) is 0 Å². The van der Waals surface area contributed by atoms with Crippen molar-refractivity contribution in [1.29, 1.82) is 0 Å². The third-order valence-electron chi connectivity index (χ3n) is 4.49. The first kappa shape index (κ1) is 17.4. The highest BCUT2D eigenvalue weighted by Crippen LogP contribution is 2.20. The van der Waals surface area contributed by atoms with Gasteiger partial charge in [-0.3, -0.25) is 4.79 Å². The van der Waals surface area contributed by atoms with Gasteiger partial charge in [0, 0.05) is 25.9 Å². The summed E-state index contributed by atoms with van der Waals surface area (Å²) in [7, 11) is 0. The Morgan fingerprint density at radius 1 is 1.12 bits per heavy atom. The number of halogens is 1. The van der Waals surface area contributed by atoms with Crippen LogP contribution in [0.4, 0.5) is 4.39 Å². The molecule has 1 fully saturated rings. The maximum absolute atomic E-state index is 12.9. The number of amides is 1. The quantitative estimate of drug-likeness (QED) is 0.909. The summed E-state index contributed by atoms with van der Waals surface area (Å²) < 4.78 is 18.8. The van der Waals surface area contributed by atoms with Crippen molar-refractivity contribution < 1.29 is 13.9 Å². The van der Waals surface area contributed by atoms with E-state index < -0.39 is 6.04 Å². The average molecular weight is 342 g/mol. The minimum absolute atomic E-state index is 0.0101. The molecule has 0 aliphatic carbocycles. The largest absolute Gasteiger partial charge is 0.490 e. The summed E-state index contributed by atoms with van der Waals surface area (Å²) in [5, 5.41) is 0. The zero-order chi connectivity index (χ0) is 17.6. The number of carbonyl (C=O) groups is 1. The first-order valence-corrected chi connectivity index (χ1v) is 8.62. The molecule has 1 saturated heterocycles. The van der Waals surface area contributed by atoms with Crippen molar-refractivity contribution in [2.24, 2.45) is 5.73 Å². The number of hydrogen-bond acceptors (Lipinski definition) is 3. The first-order valence-electron chi connectivity index (χ1n) is 8.62. The van der Waals surface area contributed by atoms with Crippen LogP contribution in [0, 0.1) is 5.82 Å². The molecule has 1 atom stereocenters. The zero-order valence-corrected chi connectivity index (χ0v) is 14.1. The van der Waals surface area contributed by atoms with Crippen LogP contribution in [-0.4, -0.2) is 36.0 Å². The SMILES string of the molecule is N[C@@H](Cc1ccccc1)C(=O)N1CCC(Oc2ccc(F)cc2)CC1. The molecule has 1 heterocycles. The first-order chi connectivity index (χ1) is 12.1. The smallest absolute Gasteiger partial charge is 0.239 e. The molecule has 2 N–H and O–H groups in total. The summed E-state index contributed by atoms with van der Waals surface area (Å²) in [4.78, 5) is 14.3. The van der Waals surface area contributed by atoms with Gasteiger partial charge in [-0.2, -0.15) is 0 Å². The molecule has 132 valence electrons. The summed E-state index contributed by atoms with van der Waals surface area (Å²) in [6.07, 6.45) is 2.09. The lowest BCUT2D eigenvalue weighted by molar-refractivity contribution is -0.134. The Labute approximate surface area is 147 Å². The number of nitrogens with two attached hydrogens (primary N) is 1. The van der Waals surface area contributed by atoms with Crippen LogP contribution in [-0.2, 0) is 11.2 Å². The zero-order valence-electron chi connectivity index (χ0n) is 14.1. The fraction of sp³-hybridized carbons (Fsp3) is 0.350. The standard InChI is InChI=1S/C20H23FN2O2/c21-16-6-8-17(9-7-16)25-18-10-12-23(13-11-18)20(24)19(22)14-15-4-2-1-3-5-15/h1-9,18-19H,10-14,22H2/t19-/m0/s1. The number of ether oxygens (including phenoxy) is 1. The molecule has 1 aliphatic heterocycles. The van der Waals surface area contributed by atoms with Crippen molar-refractivity contribution in [1.82, 2.24) is 4.90 Å². The third-order valence-corrected chi connectivity index (χ3v) is 4.49. The number of rotatable bonds is 5. The summed E-state index contributed by atoms with van der Waals surface area (Å²) in [6.45, 7) is 1.26. The third kappa shape index (κ3) is 4.79. The van der Waals surface area contributed by atoms with Gasteiger partial charge in [-0.05, 0) is 36.2 Å². The van der Waals surface area contributed by atoms with Gasteiger partial charge in [0.05, 0.1) is 6.04 Å². The van der Waals surface area contributed by atoms with E-state index in [2.05, 4.69) is 0 Å². The van der Waals surface area contributed by atoms with Crippen LogP contribution in [0.3, 0.4) is 0 Å². The average Bonchev–Trinajstić information content (AvgIpc) is 2.64. The van der Waals surface area contributed by atoms with Crippen LogP contribution in [0.2, 0.25) is 0 Å². The van der Waals surface area contributed by atoms with E-state index in [1.54, 1.807) is 12.1 Å². The summed E-state index contributed by atoms with van der Waals surface area (Å²) in [6, 6.07) is 15.3. The summed E-state index contributed by atoms with van der Waals surface area (Å²) in [5.74, 6) is 0.371. The highest BCUT2D eigenvalue weighted by atomic mass is 19.1. The van der Waals surface area contributed by atoms with Gasteiger partial charge < -0.3 is 15.4 Å². The predicted molar refractivity (Wildman–Crippen MR) is 94.8 cm³/mol. The van der Waals surface area contributed by atoms with Gasteiger partial charge in [0.1, 0.15) is 17.7 Å². The molecule has 0 spiro atoms. The molecule has 0 saturated carbocycles. The second kappa shape index (κ2) is 8.12. The molecule has 1 aliphatic rings. The number of carbonyl (C=O) groups excluding carboxylic acids is 1. The number of hydrogen-bond donors (Lipinski definition) is 1. The van der Waals surface area contributed by atoms with Gasteiger partial charge in [-0.25, -0.2) is 4.39 Å². The van der Waals surface area contributed by atoms with E-state index in [9.17, 15) is 9.18 Å². The molecule has 25 heavy (non-hydrogen) atoms. The van der Waals surface area contributed by atoms with Crippen LogP contribution in [0.15, 0.2) is 54.6 Å². The van der Waals surface area contributed by atoms with E-state index in [0.717, 1.165) is 18.4 Å². The number of piperidine rings is 1. The normalized spacial score (nSPS) is 16.5. The van der Waals surface area contributed by atoms with Crippen LogP contribution in [0.1, 0.15) is 18.4 Å². The monoisotopic (exact) mass is 342 g/mol. The van der Waals surface area contributed by atoms with Gasteiger partial charge in [0.25, 0.3) is 0 Å². The molecule has 1 amide bonds. The molecule has 2 aromatic rings. The van der Waals surface area contributed by atoms with E-state index >= 15 is 0 Å². The molecular formula is C20H23FN2O2. The lowest BCUT2D eigenvalue weighted by atomic mass is 10.0. The summed E-state index contributed by atoms with van der Waals surface area (Å²) >= 11 is 0. The lowest BCUT2D eigenvalue weighted by Gasteiger charge is -2.33. The van der Waals surface area contributed by atoms with Gasteiger partial charge in [0.2, 0.25) is 5.91 Å². The maximum Gasteiger partial charge on any atom is 0.239 e. The minimum Gasteiger partial charge on any atom is -0.490 e. The number of likely N-dealkylation sites (tertiary alicyclic amines) is 1. The molecule has 3 rings (SSSR count). The van der Waals surface area contributed by atoms with E-state index in [4.69, 9.17) is 10.5 Å². The molecule has 0 aromatic heterocycles. The van der Waals surface area contributed by atoms with Crippen molar-refractivity contribution in [2.75, 3.05) is 13.1 Å². The Bertz CT molecular complexity index is 683. The van der Waals surface area contributed by atoms with Crippen LogP contribution >= 0.6 is 0 Å². The van der Waals surface area contributed by atoms with E-state index in [1.807, 2.05) is 35.2 Å². The molecule has 5 heteroatoms. The van der Waals surface area contributed by atoms with Gasteiger partial charge in [-0.1, -0.05) is 30.3 Å². The lowest BCUT2D eigenvalue weighted by Crippen LogP contribution is -2.49. The van der Waals surface area contributed by atoms with Crippen LogP contribution in [0.25, 0.3) is 0 Å². The van der Waals surface area contributed by atoms with Crippen molar-refractivity contribution >= 4 is 5.91 Å². The molecular weight excluding hydrogens is 319 g/mol. The molecule has 2 aromatic carbocycles. The maximum atomic E-state index is 12.9. The van der Waals surface area contributed by atoms with E-state index in [0.29, 0.717) is 25.3 Å². The van der Waals surface area contributed by atoms with Crippen molar-refractivity contribution in [3.05, 3.63) is 66.0 Å². The second-order valence-corrected chi connectivity index (χ2v) is 6.39. The Balaban J connectivity index is 1.48. The van der Waals surface area contributed by atoms with E-state index in [1.165, 1.54) is 12.1 Å². The number of nitrogens with zero attached hydrogens (tertiary/aromatic N) is 1. The van der Waals surface area contributed by atoms with Crippen LogP contribution in [0.5, 0.6) is 5.75 Å². The van der Waals surface area contributed by atoms with Crippen molar-refractivity contribution in [2.45, 2.75) is 31.4 Å². The Morgan fingerprint density at radius 2 is 1.76 bits per heavy atom. The number of benzene rings is 2. The molecule has 0 radical (unpaired) electrons. The molecule has 0 bridgehead atoms. The van der Waals surface area contributed by atoms with Crippen molar-refractivity contribution in [3.8, 4) is 5.75 Å².